The Hall–Kier alpha value is -9.56. The third-order valence-electron chi connectivity index (χ3n) is 16.0. The second-order valence-corrected chi connectivity index (χ2v) is 19.9. The number of hydrogen-bond acceptors (Lipinski definition) is 1. The van der Waals surface area contributed by atoms with Crippen LogP contribution in [0.5, 0.6) is 0 Å². The van der Waals surface area contributed by atoms with E-state index in [1.807, 2.05) is 0 Å². The van der Waals surface area contributed by atoms with E-state index >= 15 is 0 Å². The molecule has 0 saturated carbocycles. The average molecular weight is 954 g/mol. The summed E-state index contributed by atoms with van der Waals surface area (Å²) in [5, 5.41) is 0. The van der Waals surface area contributed by atoms with E-state index in [-0.39, 0.29) is 0 Å². The van der Waals surface area contributed by atoms with Crippen molar-refractivity contribution in [2.75, 3.05) is 4.90 Å². The molecule has 0 bridgehead atoms. The van der Waals surface area contributed by atoms with E-state index in [4.69, 9.17) is 0 Å². The molecule has 1 heteroatoms. The Morgan fingerprint density at radius 2 is 0.507 bits per heavy atom. The Morgan fingerprint density at radius 3 is 0.920 bits per heavy atom. The standard InChI is InChI=1S/C74H51N/c1-6-24-52(25-7-1)53-46-48-60(49-47-53)75(61-36-20-26-54(50-61)63-40-22-42-67-65-38-16-18-44-69(65)73(71(63)67,56-28-8-2-9-29-56)57-30-10-3-11-31-57)62-37-21-27-55(51-62)64-41-23-43-68-66-39-17-19-45-70(66)74(72(64)68,58-32-12-4-13-33-58)59-34-14-5-15-35-59/h1-51H. The normalized spacial score (nSPS) is 13.3. The van der Waals surface area contributed by atoms with Crippen molar-refractivity contribution >= 4 is 17.1 Å². The van der Waals surface area contributed by atoms with Gasteiger partial charge in [0.2, 0.25) is 0 Å². The first-order valence-corrected chi connectivity index (χ1v) is 26.1. The molecule has 0 radical (unpaired) electrons. The Morgan fingerprint density at radius 1 is 0.200 bits per heavy atom. The number of rotatable bonds is 10. The molecule has 12 aromatic rings. The molecular weight excluding hydrogens is 903 g/mol. The van der Waals surface area contributed by atoms with Crippen LogP contribution in [-0.2, 0) is 10.8 Å². The molecule has 0 N–H and O–H groups in total. The van der Waals surface area contributed by atoms with Crippen LogP contribution in [0.2, 0.25) is 0 Å². The van der Waals surface area contributed by atoms with Crippen LogP contribution in [0, 0.1) is 0 Å². The lowest BCUT2D eigenvalue weighted by Crippen LogP contribution is -2.29. The molecule has 0 heterocycles. The van der Waals surface area contributed by atoms with E-state index in [0.717, 1.165) is 28.2 Å². The summed E-state index contributed by atoms with van der Waals surface area (Å²) in [6.45, 7) is 0. The first-order chi connectivity index (χ1) is 37.2. The highest BCUT2D eigenvalue weighted by Crippen LogP contribution is 2.60. The zero-order chi connectivity index (χ0) is 49.8. The maximum absolute atomic E-state index is 2.45. The first kappa shape index (κ1) is 44.2. The Balaban J connectivity index is 0.977. The van der Waals surface area contributed by atoms with Crippen LogP contribution in [0.15, 0.2) is 309 Å². The van der Waals surface area contributed by atoms with Gasteiger partial charge in [0.15, 0.2) is 0 Å². The minimum absolute atomic E-state index is 0.549. The maximum Gasteiger partial charge on any atom is 0.0719 e. The van der Waals surface area contributed by atoms with Crippen LogP contribution in [0.4, 0.5) is 17.1 Å². The topological polar surface area (TPSA) is 3.24 Å². The van der Waals surface area contributed by atoms with Crippen LogP contribution in [0.3, 0.4) is 0 Å². The average Bonchev–Trinajstić information content (AvgIpc) is 4.08. The van der Waals surface area contributed by atoms with Gasteiger partial charge in [0.05, 0.1) is 10.8 Å². The fourth-order valence-electron chi connectivity index (χ4n) is 13.0. The van der Waals surface area contributed by atoms with E-state index in [1.54, 1.807) is 0 Å². The van der Waals surface area contributed by atoms with Crippen molar-refractivity contribution in [2.24, 2.45) is 0 Å². The summed E-state index contributed by atoms with van der Waals surface area (Å²) in [7, 11) is 0. The van der Waals surface area contributed by atoms with Crippen molar-refractivity contribution in [3.63, 3.8) is 0 Å². The van der Waals surface area contributed by atoms with Crippen molar-refractivity contribution < 1.29 is 0 Å². The fraction of sp³-hybridized carbons (Fsp3) is 0.0270. The van der Waals surface area contributed by atoms with Gasteiger partial charge in [-0.3, -0.25) is 0 Å². The van der Waals surface area contributed by atoms with Gasteiger partial charge in [0, 0.05) is 17.1 Å². The first-order valence-electron chi connectivity index (χ1n) is 26.1. The van der Waals surface area contributed by atoms with Crippen molar-refractivity contribution in [3.05, 3.63) is 354 Å². The quantitative estimate of drug-likeness (QED) is 0.132. The van der Waals surface area contributed by atoms with Crippen molar-refractivity contribution in [1.82, 2.24) is 0 Å². The molecule has 0 atom stereocenters. The molecule has 0 fully saturated rings. The van der Waals surface area contributed by atoms with E-state index in [9.17, 15) is 0 Å². The molecule has 1 nitrogen and oxygen atoms in total. The highest BCUT2D eigenvalue weighted by molar-refractivity contribution is 5.96. The summed E-state index contributed by atoms with van der Waals surface area (Å²) in [6.07, 6.45) is 0. The molecule has 0 aromatic heterocycles. The molecule has 0 saturated heterocycles. The second kappa shape index (κ2) is 18.2. The Bertz CT molecular complexity index is 3730. The molecular formula is C74H51N. The molecule has 0 spiro atoms. The highest BCUT2D eigenvalue weighted by atomic mass is 15.1. The summed E-state index contributed by atoms with van der Waals surface area (Å²) in [6, 6.07) is 115. The minimum atomic E-state index is -0.549. The molecule has 0 unspecified atom stereocenters. The highest BCUT2D eigenvalue weighted by Gasteiger charge is 2.49. The van der Waals surface area contributed by atoms with E-state index in [2.05, 4.69) is 314 Å². The molecule has 75 heavy (non-hydrogen) atoms. The molecule has 2 aliphatic rings. The van der Waals surface area contributed by atoms with Crippen LogP contribution in [0.25, 0.3) is 55.6 Å². The Labute approximate surface area is 440 Å². The van der Waals surface area contributed by atoms with Crippen molar-refractivity contribution in [3.8, 4) is 55.6 Å². The van der Waals surface area contributed by atoms with Gasteiger partial charge in [-0.15, -0.1) is 0 Å². The molecule has 0 aliphatic heterocycles. The smallest absolute Gasteiger partial charge is 0.0719 e. The number of fused-ring (bicyclic) bond motifs is 6. The van der Waals surface area contributed by atoms with Crippen LogP contribution in [0.1, 0.15) is 44.5 Å². The molecule has 12 aromatic carbocycles. The lowest BCUT2D eigenvalue weighted by molar-refractivity contribution is 0.770. The van der Waals surface area contributed by atoms with Gasteiger partial charge in [-0.25, -0.2) is 0 Å². The van der Waals surface area contributed by atoms with E-state index in [0.29, 0.717) is 0 Å². The zero-order valence-electron chi connectivity index (χ0n) is 41.4. The number of nitrogens with zero attached hydrogens (tertiary/aromatic N) is 1. The van der Waals surface area contributed by atoms with E-state index in [1.165, 1.54) is 89.0 Å². The second-order valence-electron chi connectivity index (χ2n) is 19.9. The van der Waals surface area contributed by atoms with Gasteiger partial charge in [-0.05, 0) is 137 Å². The zero-order valence-corrected chi connectivity index (χ0v) is 41.4. The SMILES string of the molecule is c1ccc(-c2ccc(N(c3cccc(-c4cccc5c4C(c4ccccc4)(c4ccccc4)c4ccccc4-5)c3)c3cccc(-c4cccc5c4C(c4ccccc4)(c4ccccc4)c4ccccc4-5)c3)cc2)cc1. The van der Waals surface area contributed by atoms with Gasteiger partial charge in [-0.2, -0.15) is 0 Å². The maximum atomic E-state index is 2.45. The van der Waals surface area contributed by atoms with Crippen LogP contribution in [-0.4, -0.2) is 0 Å². The van der Waals surface area contributed by atoms with Gasteiger partial charge >= 0.3 is 0 Å². The molecule has 2 aliphatic carbocycles. The minimum Gasteiger partial charge on any atom is -0.310 e. The number of hydrogen-bond donors (Lipinski definition) is 0. The van der Waals surface area contributed by atoms with Gasteiger partial charge < -0.3 is 4.90 Å². The molecule has 352 valence electrons. The monoisotopic (exact) mass is 953 g/mol. The summed E-state index contributed by atoms with van der Waals surface area (Å²) in [4.78, 5) is 2.45. The van der Waals surface area contributed by atoms with Crippen LogP contribution < -0.4 is 4.90 Å². The van der Waals surface area contributed by atoms with Crippen molar-refractivity contribution in [2.45, 2.75) is 10.8 Å². The summed E-state index contributed by atoms with van der Waals surface area (Å²) < 4.78 is 0. The van der Waals surface area contributed by atoms with E-state index < -0.39 is 10.8 Å². The van der Waals surface area contributed by atoms with Gasteiger partial charge in [0.25, 0.3) is 0 Å². The van der Waals surface area contributed by atoms with Gasteiger partial charge in [0.1, 0.15) is 0 Å². The summed E-state index contributed by atoms with van der Waals surface area (Å²) in [5.74, 6) is 0. The molecule has 0 amide bonds. The largest absolute Gasteiger partial charge is 0.310 e. The van der Waals surface area contributed by atoms with Gasteiger partial charge in [-0.1, -0.05) is 273 Å². The predicted octanol–water partition coefficient (Wildman–Crippen LogP) is 18.9. The third kappa shape index (κ3) is 6.93. The summed E-state index contributed by atoms with van der Waals surface area (Å²) >= 11 is 0. The lowest BCUT2D eigenvalue weighted by atomic mass is 9.66. The summed E-state index contributed by atoms with van der Waals surface area (Å²) in [5.41, 5.74) is 24.5. The lowest BCUT2D eigenvalue weighted by Gasteiger charge is -2.35. The number of anilines is 3. The predicted molar refractivity (Wildman–Crippen MR) is 312 cm³/mol. The molecule has 14 rings (SSSR count). The third-order valence-corrected chi connectivity index (χ3v) is 16.0. The van der Waals surface area contributed by atoms with Crippen molar-refractivity contribution in [1.29, 1.82) is 0 Å². The fourth-order valence-corrected chi connectivity index (χ4v) is 13.0. The Kier molecular flexibility index (Phi) is 10.7. The number of benzene rings is 12. The van der Waals surface area contributed by atoms with Crippen LogP contribution >= 0.6 is 0 Å².